The van der Waals surface area contributed by atoms with Crippen LogP contribution < -0.4 is 11.1 Å². The molecule has 3 N–H and O–H groups in total. The van der Waals surface area contributed by atoms with Gasteiger partial charge in [-0.3, -0.25) is 0 Å². The van der Waals surface area contributed by atoms with E-state index in [4.69, 9.17) is 5.73 Å². The topological polar surface area (TPSA) is 50.9 Å². The van der Waals surface area contributed by atoms with E-state index in [-0.39, 0.29) is 22.7 Å². The zero-order valence-electron chi connectivity index (χ0n) is 11.6. The molecule has 0 spiro atoms. The first-order chi connectivity index (χ1) is 8.51. The predicted octanol–water partition coefficient (Wildman–Crippen LogP) is 3.78. The molecule has 1 aromatic rings. The maximum atomic E-state index is 12.6. The van der Waals surface area contributed by atoms with Gasteiger partial charge in [0.15, 0.2) is 0 Å². The Labute approximate surface area is 111 Å². The van der Waals surface area contributed by atoms with Gasteiger partial charge < -0.3 is 11.1 Å². The highest BCUT2D eigenvalue weighted by molar-refractivity contribution is 5.65. The van der Waals surface area contributed by atoms with E-state index in [1.165, 1.54) is 0 Å². The number of alkyl halides is 3. The van der Waals surface area contributed by atoms with Gasteiger partial charge in [0.05, 0.1) is 17.6 Å². The zero-order chi connectivity index (χ0) is 14.8. The van der Waals surface area contributed by atoms with Gasteiger partial charge in [0.25, 0.3) is 0 Å². The lowest BCUT2D eigenvalue weighted by atomic mass is 9.82. The Morgan fingerprint density at radius 2 is 1.89 bits per heavy atom. The molecule has 108 valence electrons. The molecule has 0 fully saturated rings. The summed E-state index contributed by atoms with van der Waals surface area (Å²) in [6, 6.07) is 0.949. The monoisotopic (exact) mass is 275 g/mol. The van der Waals surface area contributed by atoms with E-state index >= 15 is 0 Å². The molecule has 0 saturated carbocycles. The number of halogens is 3. The average Bonchev–Trinajstić information content (AvgIpc) is 2.24. The highest BCUT2D eigenvalue weighted by Gasteiger charge is 2.33. The van der Waals surface area contributed by atoms with Crippen LogP contribution in [0.1, 0.15) is 33.4 Å². The fourth-order valence-electron chi connectivity index (χ4n) is 1.34. The summed E-state index contributed by atoms with van der Waals surface area (Å²) in [6.07, 6.45) is -3.42. The van der Waals surface area contributed by atoms with E-state index in [0.29, 0.717) is 6.54 Å². The molecular formula is C13H20F3N3. The normalized spacial score (nSPS) is 14.3. The van der Waals surface area contributed by atoms with Crippen LogP contribution in [-0.4, -0.2) is 11.5 Å². The number of rotatable bonds is 3. The van der Waals surface area contributed by atoms with Gasteiger partial charge in [-0.2, -0.15) is 13.2 Å². The Morgan fingerprint density at radius 3 is 2.37 bits per heavy atom. The molecule has 19 heavy (non-hydrogen) atoms. The maximum Gasteiger partial charge on any atom is 0.433 e. The summed E-state index contributed by atoms with van der Waals surface area (Å²) in [7, 11) is 0. The molecule has 6 heteroatoms. The number of nitrogens with one attached hydrogen (secondary N) is 1. The lowest BCUT2D eigenvalue weighted by molar-refractivity contribution is -0.141. The second-order valence-electron chi connectivity index (χ2n) is 5.80. The van der Waals surface area contributed by atoms with Crippen molar-refractivity contribution < 1.29 is 13.2 Å². The summed E-state index contributed by atoms with van der Waals surface area (Å²) in [4.78, 5) is 3.30. The number of nitrogens with two attached hydrogens (primary N) is 1. The van der Waals surface area contributed by atoms with Gasteiger partial charge in [0.1, 0.15) is 5.69 Å². The largest absolute Gasteiger partial charge is 0.433 e. The smallest absolute Gasteiger partial charge is 0.396 e. The van der Waals surface area contributed by atoms with Crippen molar-refractivity contribution in [1.82, 2.24) is 4.98 Å². The summed E-state index contributed by atoms with van der Waals surface area (Å²) in [5.41, 5.74) is 5.26. The minimum absolute atomic E-state index is 0.0711. The number of hydrogen-bond acceptors (Lipinski definition) is 3. The van der Waals surface area contributed by atoms with Crippen LogP contribution in [-0.2, 0) is 6.18 Å². The van der Waals surface area contributed by atoms with Crippen molar-refractivity contribution in [3.63, 3.8) is 0 Å². The second kappa shape index (κ2) is 5.27. The van der Waals surface area contributed by atoms with Gasteiger partial charge >= 0.3 is 6.18 Å². The van der Waals surface area contributed by atoms with Crippen molar-refractivity contribution >= 4 is 11.4 Å². The lowest BCUT2D eigenvalue weighted by Crippen LogP contribution is -2.25. The van der Waals surface area contributed by atoms with Crippen molar-refractivity contribution in [3.8, 4) is 0 Å². The molecule has 3 nitrogen and oxygen atoms in total. The molecule has 0 aliphatic heterocycles. The minimum Gasteiger partial charge on any atom is -0.396 e. The lowest BCUT2D eigenvalue weighted by Gasteiger charge is -2.28. The number of pyridine rings is 1. The number of aromatic nitrogens is 1. The highest BCUT2D eigenvalue weighted by atomic mass is 19.4. The Morgan fingerprint density at radius 1 is 1.32 bits per heavy atom. The van der Waals surface area contributed by atoms with Gasteiger partial charge in [-0.25, -0.2) is 4.98 Å². The van der Waals surface area contributed by atoms with E-state index in [9.17, 15) is 13.2 Å². The van der Waals surface area contributed by atoms with Crippen molar-refractivity contribution in [2.24, 2.45) is 11.3 Å². The molecule has 0 bridgehead atoms. The van der Waals surface area contributed by atoms with E-state index in [1.54, 1.807) is 0 Å². The average molecular weight is 275 g/mol. The highest BCUT2D eigenvalue weighted by Crippen LogP contribution is 2.32. The summed E-state index contributed by atoms with van der Waals surface area (Å²) in [6.45, 7) is 8.83. The van der Waals surface area contributed by atoms with Crippen molar-refractivity contribution in [2.45, 2.75) is 33.9 Å². The van der Waals surface area contributed by atoms with Crippen LogP contribution in [0.5, 0.6) is 0 Å². The third kappa shape index (κ3) is 4.29. The molecule has 0 amide bonds. The van der Waals surface area contributed by atoms with Crippen LogP contribution in [0.3, 0.4) is 0 Å². The van der Waals surface area contributed by atoms with Gasteiger partial charge in [-0.15, -0.1) is 0 Å². The molecule has 1 atom stereocenters. The molecule has 0 aromatic carbocycles. The Hall–Kier alpha value is -1.46. The van der Waals surface area contributed by atoms with Crippen molar-refractivity contribution in [3.05, 3.63) is 18.0 Å². The van der Waals surface area contributed by atoms with Crippen LogP contribution >= 0.6 is 0 Å². The molecule has 0 radical (unpaired) electrons. The molecule has 1 unspecified atom stereocenters. The third-order valence-electron chi connectivity index (χ3n) is 3.30. The fraction of sp³-hybridized carbons (Fsp3) is 0.615. The molecule has 1 rings (SSSR count). The number of nitrogen functional groups attached to an aromatic ring is 1. The van der Waals surface area contributed by atoms with Crippen LogP contribution in [0.2, 0.25) is 0 Å². The van der Waals surface area contributed by atoms with Crippen LogP contribution in [0.25, 0.3) is 0 Å². The number of anilines is 2. The predicted molar refractivity (Wildman–Crippen MR) is 70.8 cm³/mol. The molecule has 1 heterocycles. The quantitative estimate of drug-likeness (QED) is 0.882. The molecule has 0 aliphatic rings. The first-order valence-electron chi connectivity index (χ1n) is 6.08. The third-order valence-corrected chi connectivity index (χ3v) is 3.30. The number of nitrogens with zero attached hydrogens (tertiary/aromatic N) is 1. The zero-order valence-corrected chi connectivity index (χ0v) is 11.6. The molecular weight excluding hydrogens is 255 g/mol. The SMILES string of the molecule is CC(CNc1cc(C(F)(F)F)ncc1N)C(C)(C)C. The molecule has 0 saturated heterocycles. The van der Waals surface area contributed by atoms with E-state index in [2.05, 4.69) is 31.1 Å². The summed E-state index contributed by atoms with van der Waals surface area (Å²) in [5, 5.41) is 2.97. The standard InChI is InChI=1S/C13H20F3N3/c1-8(12(2,3)4)6-18-10-5-11(13(14,15)16)19-7-9(10)17/h5,7-8H,6,17H2,1-4H3,(H,18,19). The van der Waals surface area contributed by atoms with Crippen molar-refractivity contribution in [1.29, 1.82) is 0 Å². The Kier molecular flexibility index (Phi) is 4.32. The maximum absolute atomic E-state index is 12.6. The summed E-state index contributed by atoms with van der Waals surface area (Å²) >= 11 is 0. The Bertz CT molecular complexity index is 436. The minimum atomic E-state index is -4.46. The first kappa shape index (κ1) is 15.6. The van der Waals surface area contributed by atoms with E-state index in [0.717, 1.165) is 12.3 Å². The van der Waals surface area contributed by atoms with Crippen LogP contribution in [0.15, 0.2) is 12.3 Å². The van der Waals surface area contributed by atoms with Gasteiger partial charge in [0.2, 0.25) is 0 Å². The van der Waals surface area contributed by atoms with Crippen LogP contribution in [0, 0.1) is 11.3 Å². The molecule has 0 aliphatic carbocycles. The Balaban J connectivity index is 2.84. The summed E-state index contributed by atoms with van der Waals surface area (Å²) in [5.74, 6) is 0.286. The van der Waals surface area contributed by atoms with Gasteiger partial charge in [0, 0.05) is 6.54 Å². The van der Waals surface area contributed by atoms with Gasteiger partial charge in [-0.1, -0.05) is 27.7 Å². The first-order valence-corrected chi connectivity index (χ1v) is 6.08. The van der Waals surface area contributed by atoms with Gasteiger partial charge in [-0.05, 0) is 17.4 Å². The van der Waals surface area contributed by atoms with Crippen LogP contribution in [0.4, 0.5) is 24.5 Å². The fourth-order valence-corrected chi connectivity index (χ4v) is 1.34. The summed E-state index contributed by atoms with van der Waals surface area (Å²) < 4.78 is 37.7. The number of hydrogen-bond donors (Lipinski definition) is 2. The van der Waals surface area contributed by atoms with E-state index in [1.807, 2.05) is 6.92 Å². The molecule has 1 aromatic heterocycles. The van der Waals surface area contributed by atoms with Crippen molar-refractivity contribution in [2.75, 3.05) is 17.6 Å². The van der Waals surface area contributed by atoms with E-state index < -0.39 is 11.9 Å². The second-order valence-corrected chi connectivity index (χ2v) is 5.80.